The average molecular weight is 238 g/mol. The van der Waals surface area contributed by atoms with Gasteiger partial charge in [0, 0.05) is 4.88 Å². The molecule has 0 bridgehead atoms. The van der Waals surface area contributed by atoms with Gasteiger partial charge in [-0.15, -0.1) is 22.7 Å². The molecule has 15 heavy (non-hydrogen) atoms. The summed E-state index contributed by atoms with van der Waals surface area (Å²) in [7, 11) is 0. The predicted octanol–water partition coefficient (Wildman–Crippen LogP) is 3.37. The summed E-state index contributed by atoms with van der Waals surface area (Å²) in [5.74, 6) is 0. The van der Waals surface area contributed by atoms with Crippen molar-refractivity contribution in [2.75, 3.05) is 0 Å². The van der Waals surface area contributed by atoms with Crippen LogP contribution in [0.15, 0.2) is 17.5 Å². The molecule has 2 rings (SSSR count). The first-order valence-electron chi connectivity index (χ1n) is 4.79. The van der Waals surface area contributed by atoms with Crippen LogP contribution in [0.25, 0.3) is 10.6 Å². The summed E-state index contributed by atoms with van der Waals surface area (Å²) < 4.78 is 0. The van der Waals surface area contributed by atoms with Crippen molar-refractivity contribution in [3.8, 4) is 10.6 Å². The first-order chi connectivity index (χ1) is 6.98. The molecule has 0 aliphatic heterocycles. The zero-order valence-electron chi connectivity index (χ0n) is 9.07. The SMILES string of the molecule is Cc1sc(C(C)(C)N)nc1-c1cccs1. The van der Waals surface area contributed by atoms with Crippen molar-refractivity contribution < 1.29 is 0 Å². The van der Waals surface area contributed by atoms with E-state index >= 15 is 0 Å². The number of nitrogens with two attached hydrogens (primary N) is 1. The normalized spacial score (nSPS) is 12.0. The number of nitrogens with zero attached hydrogens (tertiary/aromatic N) is 1. The van der Waals surface area contributed by atoms with Gasteiger partial charge in [0.15, 0.2) is 0 Å². The van der Waals surface area contributed by atoms with Gasteiger partial charge in [-0.2, -0.15) is 0 Å². The molecule has 2 N–H and O–H groups in total. The van der Waals surface area contributed by atoms with E-state index in [1.165, 1.54) is 9.75 Å². The standard InChI is InChI=1S/C11H14N2S2/c1-7-9(8-5-4-6-14-8)13-10(15-7)11(2,3)12/h4-6H,12H2,1-3H3. The number of thiazole rings is 1. The molecule has 2 nitrogen and oxygen atoms in total. The van der Waals surface area contributed by atoms with Crippen LogP contribution in [0.2, 0.25) is 0 Å². The highest BCUT2D eigenvalue weighted by Crippen LogP contribution is 2.33. The smallest absolute Gasteiger partial charge is 0.113 e. The van der Waals surface area contributed by atoms with E-state index in [-0.39, 0.29) is 5.54 Å². The van der Waals surface area contributed by atoms with Crippen molar-refractivity contribution >= 4 is 22.7 Å². The van der Waals surface area contributed by atoms with Crippen LogP contribution >= 0.6 is 22.7 Å². The van der Waals surface area contributed by atoms with Crippen LogP contribution in [-0.2, 0) is 5.54 Å². The van der Waals surface area contributed by atoms with Gasteiger partial charge >= 0.3 is 0 Å². The third-order valence-electron chi connectivity index (χ3n) is 2.10. The lowest BCUT2D eigenvalue weighted by atomic mass is 10.1. The van der Waals surface area contributed by atoms with Gasteiger partial charge in [0.05, 0.1) is 16.1 Å². The summed E-state index contributed by atoms with van der Waals surface area (Å²) in [6.45, 7) is 6.08. The third-order valence-corrected chi connectivity index (χ3v) is 4.29. The number of hydrogen-bond acceptors (Lipinski definition) is 4. The van der Waals surface area contributed by atoms with E-state index in [0.717, 1.165) is 10.7 Å². The minimum absolute atomic E-state index is 0.342. The summed E-state index contributed by atoms with van der Waals surface area (Å²) in [6.07, 6.45) is 0. The topological polar surface area (TPSA) is 38.9 Å². The Morgan fingerprint density at radius 1 is 1.40 bits per heavy atom. The van der Waals surface area contributed by atoms with Gasteiger partial charge in [0.1, 0.15) is 5.01 Å². The van der Waals surface area contributed by atoms with Crippen LogP contribution < -0.4 is 5.73 Å². The maximum Gasteiger partial charge on any atom is 0.113 e. The minimum atomic E-state index is -0.342. The highest BCUT2D eigenvalue weighted by Gasteiger charge is 2.21. The molecule has 80 valence electrons. The number of thiophene rings is 1. The summed E-state index contributed by atoms with van der Waals surface area (Å²) >= 11 is 3.41. The lowest BCUT2D eigenvalue weighted by molar-refractivity contribution is 0.551. The largest absolute Gasteiger partial charge is 0.320 e. The fourth-order valence-electron chi connectivity index (χ4n) is 1.31. The Kier molecular flexibility index (Phi) is 2.66. The first-order valence-corrected chi connectivity index (χ1v) is 6.49. The van der Waals surface area contributed by atoms with E-state index in [2.05, 4.69) is 23.4 Å². The van der Waals surface area contributed by atoms with E-state index in [1.54, 1.807) is 22.7 Å². The fraction of sp³-hybridized carbons (Fsp3) is 0.364. The van der Waals surface area contributed by atoms with Gasteiger partial charge in [-0.05, 0) is 32.2 Å². The maximum atomic E-state index is 6.04. The zero-order valence-corrected chi connectivity index (χ0v) is 10.7. The first kappa shape index (κ1) is 10.8. The van der Waals surface area contributed by atoms with Crippen molar-refractivity contribution in [2.45, 2.75) is 26.3 Å². The molecule has 0 unspecified atom stereocenters. The Morgan fingerprint density at radius 3 is 2.60 bits per heavy atom. The van der Waals surface area contributed by atoms with Crippen molar-refractivity contribution in [1.29, 1.82) is 0 Å². The van der Waals surface area contributed by atoms with Crippen molar-refractivity contribution in [2.24, 2.45) is 5.73 Å². The van der Waals surface area contributed by atoms with Crippen molar-refractivity contribution in [3.05, 3.63) is 27.4 Å². The predicted molar refractivity (Wildman–Crippen MR) is 67.4 cm³/mol. The third kappa shape index (κ3) is 2.12. The quantitative estimate of drug-likeness (QED) is 0.871. The Bertz CT molecular complexity index is 449. The van der Waals surface area contributed by atoms with E-state index in [9.17, 15) is 0 Å². The van der Waals surface area contributed by atoms with Gasteiger partial charge in [-0.1, -0.05) is 6.07 Å². The second-order valence-corrected chi connectivity index (χ2v) is 6.27. The van der Waals surface area contributed by atoms with Gasteiger partial charge in [-0.25, -0.2) is 4.98 Å². The number of aryl methyl sites for hydroxylation is 1. The van der Waals surface area contributed by atoms with E-state index in [0.29, 0.717) is 0 Å². The second-order valence-electron chi connectivity index (χ2n) is 4.12. The Labute approximate surface area is 97.8 Å². The van der Waals surface area contributed by atoms with Crippen molar-refractivity contribution in [3.63, 3.8) is 0 Å². The van der Waals surface area contributed by atoms with Crippen LogP contribution in [-0.4, -0.2) is 4.98 Å². The highest BCUT2D eigenvalue weighted by atomic mass is 32.1. The molecule has 0 spiro atoms. The van der Waals surface area contributed by atoms with Gasteiger partial charge in [-0.3, -0.25) is 0 Å². The van der Waals surface area contributed by atoms with Crippen LogP contribution in [0, 0.1) is 6.92 Å². The van der Waals surface area contributed by atoms with Crippen LogP contribution in [0.5, 0.6) is 0 Å². The number of hydrogen-bond donors (Lipinski definition) is 1. The summed E-state index contributed by atoms with van der Waals surface area (Å²) in [5, 5.41) is 3.07. The highest BCUT2D eigenvalue weighted by molar-refractivity contribution is 7.15. The number of aromatic nitrogens is 1. The van der Waals surface area contributed by atoms with E-state index in [1.807, 2.05) is 19.9 Å². The van der Waals surface area contributed by atoms with Gasteiger partial charge < -0.3 is 5.73 Å². The molecule has 0 aliphatic carbocycles. The van der Waals surface area contributed by atoms with Crippen LogP contribution in [0.4, 0.5) is 0 Å². The van der Waals surface area contributed by atoms with E-state index in [4.69, 9.17) is 5.73 Å². The monoisotopic (exact) mass is 238 g/mol. The molecule has 0 radical (unpaired) electrons. The Morgan fingerprint density at radius 2 is 2.13 bits per heavy atom. The molecule has 0 atom stereocenters. The fourth-order valence-corrected chi connectivity index (χ4v) is 3.09. The number of rotatable bonds is 2. The molecule has 0 amide bonds. The summed E-state index contributed by atoms with van der Waals surface area (Å²) in [4.78, 5) is 7.09. The molecule has 0 aromatic carbocycles. The maximum absolute atomic E-state index is 6.04. The molecule has 0 fully saturated rings. The van der Waals surface area contributed by atoms with Gasteiger partial charge in [0.25, 0.3) is 0 Å². The molecular formula is C11H14N2S2. The zero-order chi connectivity index (χ0) is 11.1. The van der Waals surface area contributed by atoms with Gasteiger partial charge in [0.2, 0.25) is 0 Å². The second kappa shape index (κ2) is 3.70. The Balaban J connectivity index is 2.47. The molecule has 2 heterocycles. The molecule has 0 saturated heterocycles. The molecule has 2 aromatic heterocycles. The summed E-state index contributed by atoms with van der Waals surface area (Å²) in [6, 6.07) is 4.14. The molecule has 2 aromatic rings. The van der Waals surface area contributed by atoms with E-state index < -0.39 is 0 Å². The molecule has 4 heteroatoms. The molecule has 0 aliphatic rings. The van der Waals surface area contributed by atoms with Crippen LogP contribution in [0.3, 0.4) is 0 Å². The lowest BCUT2D eigenvalue weighted by Crippen LogP contribution is -2.28. The van der Waals surface area contributed by atoms with Crippen LogP contribution in [0.1, 0.15) is 23.7 Å². The Hall–Kier alpha value is -0.710. The summed E-state index contributed by atoms with van der Waals surface area (Å²) in [5.41, 5.74) is 6.79. The molecular weight excluding hydrogens is 224 g/mol. The van der Waals surface area contributed by atoms with Crippen molar-refractivity contribution in [1.82, 2.24) is 4.98 Å². The average Bonchev–Trinajstić information content (AvgIpc) is 2.69. The lowest BCUT2D eigenvalue weighted by Gasteiger charge is -2.13. The molecule has 0 saturated carbocycles. The minimum Gasteiger partial charge on any atom is -0.320 e.